The van der Waals surface area contributed by atoms with E-state index in [1.807, 2.05) is 19.1 Å². The van der Waals surface area contributed by atoms with E-state index in [0.717, 1.165) is 18.5 Å². The Kier molecular flexibility index (Phi) is 6.12. The highest BCUT2D eigenvalue weighted by molar-refractivity contribution is 5.94. The summed E-state index contributed by atoms with van der Waals surface area (Å²) in [4.78, 5) is 24.3. The molecule has 1 aromatic carbocycles. The zero-order valence-corrected chi connectivity index (χ0v) is 13.8. The fourth-order valence-corrected chi connectivity index (χ4v) is 2.75. The van der Waals surface area contributed by atoms with Gasteiger partial charge in [0.2, 0.25) is 5.91 Å². The first-order valence-electron chi connectivity index (χ1n) is 7.90. The smallest absolute Gasteiger partial charge is 0.251 e. The molecule has 2 amide bonds. The maximum absolute atomic E-state index is 12.4. The molecule has 1 aromatic rings. The highest BCUT2D eigenvalue weighted by atomic mass is 16.5. The molecule has 6 heteroatoms. The van der Waals surface area contributed by atoms with Gasteiger partial charge in [0.15, 0.2) is 0 Å². The van der Waals surface area contributed by atoms with Crippen molar-refractivity contribution < 1.29 is 14.3 Å². The van der Waals surface area contributed by atoms with Crippen molar-refractivity contribution in [2.24, 2.45) is 5.41 Å². The summed E-state index contributed by atoms with van der Waals surface area (Å²) in [6.07, 6.45) is 0.766. The predicted molar refractivity (Wildman–Crippen MR) is 88.3 cm³/mol. The Morgan fingerprint density at radius 3 is 2.52 bits per heavy atom. The fraction of sp³-hybridized carbons (Fsp3) is 0.529. The molecule has 1 fully saturated rings. The number of rotatable bonds is 7. The van der Waals surface area contributed by atoms with Gasteiger partial charge in [0.1, 0.15) is 0 Å². The molecule has 1 saturated heterocycles. The highest BCUT2D eigenvalue weighted by Gasteiger charge is 2.41. The van der Waals surface area contributed by atoms with Crippen LogP contribution in [-0.2, 0) is 9.53 Å². The second-order valence-electron chi connectivity index (χ2n) is 6.02. The summed E-state index contributed by atoms with van der Waals surface area (Å²) >= 11 is 0. The lowest BCUT2D eigenvalue weighted by atomic mass is 9.87. The number of ether oxygens (including phenoxy) is 1. The van der Waals surface area contributed by atoms with E-state index in [0.29, 0.717) is 31.8 Å². The lowest BCUT2D eigenvalue weighted by Crippen LogP contribution is -2.47. The van der Waals surface area contributed by atoms with Crippen LogP contribution >= 0.6 is 0 Å². The molecule has 23 heavy (non-hydrogen) atoms. The summed E-state index contributed by atoms with van der Waals surface area (Å²) in [5, 5.41) is 8.90. The Bertz CT molecular complexity index is 537. The summed E-state index contributed by atoms with van der Waals surface area (Å²) in [7, 11) is 1.61. The topological polar surface area (TPSA) is 79.5 Å². The van der Waals surface area contributed by atoms with Crippen molar-refractivity contribution in [2.45, 2.75) is 13.3 Å². The van der Waals surface area contributed by atoms with Crippen LogP contribution in [0.2, 0.25) is 0 Å². The number of methoxy groups -OCH3 is 1. The minimum Gasteiger partial charge on any atom is -0.384 e. The molecule has 0 radical (unpaired) electrons. The molecule has 0 bridgehead atoms. The molecule has 0 aromatic heterocycles. The summed E-state index contributed by atoms with van der Waals surface area (Å²) in [6.45, 7) is 4.63. The number of hydrogen-bond acceptors (Lipinski definition) is 4. The average Bonchev–Trinajstić information content (AvgIpc) is 3.02. The standard InChI is InChI=1S/C17H25N3O3/c1-13-3-5-14(6-4-13)15(21)19-9-10-20-16(22)17(12-23-2)7-8-18-11-17/h3-6,18H,7-12H2,1-2H3,(H,19,21)(H,20,22). The maximum atomic E-state index is 12.4. The lowest BCUT2D eigenvalue weighted by molar-refractivity contribution is -0.132. The Morgan fingerprint density at radius 1 is 1.22 bits per heavy atom. The number of hydrogen-bond donors (Lipinski definition) is 3. The second-order valence-corrected chi connectivity index (χ2v) is 6.02. The predicted octanol–water partition coefficient (Wildman–Crippen LogP) is 0.467. The molecule has 1 aliphatic heterocycles. The number of carbonyl (C=O) groups excluding carboxylic acids is 2. The first kappa shape index (κ1) is 17.4. The van der Waals surface area contributed by atoms with E-state index in [1.165, 1.54) is 0 Å². The molecule has 1 aliphatic rings. The molecule has 6 nitrogen and oxygen atoms in total. The molecule has 3 N–H and O–H groups in total. The zero-order chi connectivity index (χ0) is 16.7. The molecule has 2 rings (SSSR count). The van der Waals surface area contributed by atoms with Crippen LogP contribution in [0.4, 0.5) is 0 Å². The van der Waals surface area contributed by atoms with Crippen LogP contribution in [0.25, 0.3) is 0 Å². The van der Waals surface area contributed by atoms with E-state index < -0.39 is 5.41 Å². The van der Waals surface area contributed by atoms with Gasteiger partial charge in [-0.05, 0) is 32.0 Å². The van der Waals surface area contributed by atoms with Gasteiger partial charge >= 0.3 is 0 Å². The fourth-order valence-electron chi connectivity index (χ4n) is 2.75. The Labute approximate surface area is 137 Å². The van der Waals surface area contributed by atoms with E-state index >= 15 is 0 Å². The van der Waals surface area contributed by atoms with Crippen molar-refractivity contribution in [3.05, 3.63) is 35.4 Å². The Hall–Kier alpha value is -1.92. The third-order valence-corrected chi connectivity index (χ3v) is 4.16. The van der Waals surface area contributed by atoms with Gasteiger partial charge in [-0.2, -0.15) is 0 Å². The highest BCUT2D eigenvalue weighted by Crippen LogP contribution is 2.25. The van der Waals surface area contributed by atoms with E-state index in [9.17, 15) is 9.59 Å². The zero-order valence-electron chi connectivity index (χ0n) is 13.8. The van der Waals surface area contributed by atoms with Gasteiger partial charge in [0, 0.05) is 32.3 Å². The molecule has 126 valence electrons. The van der Waals surface area contributed by atoms with Crippen LogP contribution in [0.5, 0.6) is 0 Å². The molecular weight excluding hydrogens is 294 g/mol. The van der Waals surface area contributed by atoms with Crippen molar-refractivity contribution in [1.29, 1.82) is 0 Å². The van der Waals surface area contributed by atoms with E-state index in [1.54, 1.807) is 19.2 Å². The normalized spacial score (nSPS) is 20.3. The largest absolute Gasteiger partial charge is 0.384 e. The van der Waals surface area contributed by atoms with Gasteiger partial charge in [0.05, 0.1) is 12.0 Å². The van der Waals surface area contributed by atoms with E-state index in [4.69, 9.17) is 4.74 Å². The monoisotopic (exact) mass is 319 g/mol. The summed E-state index contributed by atoms with van der Waals surface area (Å²) in [6, 6.07) is 7.39. The first-order valence-corrected chi connectivity index (χ1v) is 7.90. The number of carbonyl (C=O) groups is 2. The van der Waals surface area contributed by atoms with Crippen LogP contribution in [0.1, 0.15) is 22.3 Å². The summed E-state index contributed by atoms with van der Waals surface area (Å²) in [5.41, 5.74) is 1.25. The molecule has 1 unspecified atom stereocenters. The number of amides is 2. The SMILES string of the molecule is COCC1(C(=O)NCCNC(=O)c2ccc(C)cc2)CCNC1. The molecular formula is C17H25N3O3. The van der Waals surface area contributed by atoms with Crippen molar-refractivity contribution in [1.82, 2.24) is 16.0 Å². The quantitative estimate of drug-likeness (QED) is 0.638. The summed E-state index contributed by atoms with van der Waals surface area (Å²) in [5.74, 6) is -0.151. The minimum absolute atomic E-state index is 0.0195. The number of nitrogens with one attached hydrogen (secondary N) is 3. The van der Waals surface area contributed by atoms with Gasteiger partial charge in [-0.25, -0.2) is 0 Å². The number of benzene rings is 1. The lowest BCUT2D eigenvalue weighted by Gasteiger charge is -2.25. The third-order valence-electron chi connectivity index (χ3n) is 4.16. The molecule has 0 spiro atoms. The Morgan fingerprint density at radius 2 is 1.91 bits per heavy atom. The van der Waals surface area contributed by atoms with Crippen LogP contribution in [0.3, 0.4) is 0 Å². The number of aryl methyl sites for hydroxylation is 1. The van der Waals surface area contributed by atoms with Gasteiger partial charge in [-0.15, -0.1) is 0 Å². The Balaban J connectivity index is 1.75. The maximum Gasteiger partial charge on any atom is 0.251 e. The third kappa shape index (κ3) is 4.53. The van der Waals surface area contributed by atoms with Gasteiger partial charge < -0.3 is 20.7 Å². The summed E-state index contributed by atoms with van der Waals surface area (Å²) < 4.78 is 5.19. The van der Waals surface area contributed by atoms with Gasteiger partial charge in [0.25, 0.3) is 5.91 Å². The van der Waals surface area contributed by atoms with Crippen molar-refractivity contribution in [2.75, 3.05) is 39.9 Å². The van der Waals surface area contributed by atoms with Gasteiger partial charge in [-0.1, -0.05) is 17.7 Å². The average molecular weight is 319 g/mol. The van der Waals surface area contributed by atoms with Crippen molar-refractivity contribution in [3.63, 3.8) is 0 Å². The van der Waals surface area contributed by atoms with Crippen molar-refractivity contribution >= 4 is 11.8 Å². The van der Waals surface area contributed by atoms with Crippen LogP contribution in [0.15, 0.2) is 24.3 Å². The van der Waals surface area contributed by atoms with Crippen molar-refractivity contribution in [3.8, 4) is 0 Å². The van der Waals surface area contributed by atoms with Crippen LogP contribution in [-0.4, -0.2) is 51.7 Å². The first-order chi connectivity index (χ1) is 11.1. The van der Waals surface area contributed by atoms with Crippen LogP contribution < -0.4 is 16.0 Å². The second kappa shape index (κ2) is 8.08. The van der Waals surface area contributed by atoms with Gasteiger partial charge in [-0.3, -0.25) is 9.59 Å². The molecule has 0 saturated carbocycles. The van der Waals surface area contributed by atoms with E-state index in [-0.39, 0.29) is 11.8 Å². The molecule has 1 atom stereocenters. The minimum atomic E-state index is -0.490. The molecule has 0 aliphatic carbocycles. The van der Waals surface area contributed by atoms with E-state index in [2.05, 4.69) is 16.0 Å². The molecule has 1 heterocycles. The van der Waals surface area contributed by atoms with Crippen LogP contribution in [0, 0.1) is 12.3 Å².